The highest BCUT2D eigenvalue weighted by Gasteiger charge is 2.16. The lowest BCUT2D eigenvalue weighted by molar-refractivity contribution is 0.111. The number of ether oxygens (including phenoxy) is 2. The first-order chi connectivity index (χ1) is 55.9. The second-order valence-electron chi connectivity index (χ2n) is 24.5. The predicted octanol–water partition coefficient (Wildman–Crippen LogP) is 19.5. The van der Waals surface area contributed by atoms with Gasteiger partial charge in [0.2, 0.25) is 0 Å². The Morgan fingerprint density at radius 1 is 0.360 bits per heavy atom. The Hall–Kier alpha value is -13.9. The quantitative estimate of drug-likeness (QED) is 0.0179. The van der Waals surface area contributed by atoms with Crippen molar-refractivity contribution in [3.8, 4) is 11.5 Å². The number of hydrogen-bond donors (Lipinski definition) is 5. The molecule has 0 amide bonds. The van der Waals surface area contributed by atoms with Crippen LogP contribution in [0.3, 0.4) is 0 Å². The number of aromatic nitrogens is 12. The van der Waals surface area contributed by atoms with Crippen molar-refractivity contribution in [2.45, 2.75) is 30.1 Å². The van der Waals surface area contributed by atoms with Gasteiger partial charge in [-0.3, -0.25) is 34.7 Å². The molecule has 114 heavy (non-hydrogen) atoms. The number of hydrogen-bond acceptors (Lipinski definition) is 27. The molecule has 12 aromatic heterocycles. The summed E-state index contributed by atoms with van der Waals surface area (Å²) in [6.07, 6.45) is 20.7. The van der Waals surface area contributed by atoms with Crippen LogP contribution in [-0.2, 0) is 0 Å². The van der Waals surface area contributed by atoms with Crippen molar-refractivity contribution < 1.29 is 40.3 Å². The molecule has 0 fully saturated rings. The second-order valence-corrected chi connectivity index (χ2v) is 27.3. The second kappa shape index (κ2) is 37.2. The molecule has 0 atom stereocenters. The van der Waals surface area contributed by atoms with Crippen molar-refractivity contribution in [3.63, 3.8) is 0 Å². The number of fused-ring (bicyclic) bond motifs is 18. The van der Waals surface area contributed by atoms with Crippen LogP contribution in [0.4, 0.5) is 0 Å². The van der Waals surface area contributed by atoms with Gasteiger partial charge >= 0.3 is 0 Å². The molecule has 0 saturated carbocycles. The van der Waals surface area contributed by atoms with Gasteiger partial charge in [0.25, 0.3) is 0 Å². The van der Waals surface area contributed by atoms with Crippen molar-refractivity contribution in [1.82, 2.24) is 59.8 Å². The lowest BCUT2D eigenvalue weighted by Gasteiger charge is -2.09. The van der Waals surface area contributed by atoms with Gasteiger partial charge in [-0.15, -0.1) is 23.5 Å². The number of oxime groups is 5. The van der Waals surface area contributed by atoms with E-state index >= 15 is 0 Å². The summed E-state index contributed by atoms with van der Waals surface area (Å²) in [5.41, 5.74) is 12.5. The van der Waals surface area contributed by atoms with Gasteiger partial charge in [0.1, 0.15) is 28.2 Å². The van der Waals surface area contributed by atoms with Gasteiger partial charge in [0.05, 0.1) is 138 Å². The van der Waals surface area contributed by atoms with Crippen LogP contribution < -0.4 is 9.47 Å². The van der Waals surface area contributed by atoms with E-state index in [4.69, 9.17) is 58.7 Å². The summed E-state index contributed by atoms with van der Waals surface area (Å²) in [6.45, 7) is 4.63. The maximum atomic E-state index is 10.8. The molecule has 0 radical (unpaired) electrons. The normalized spacial score (nSPS) is 11.5. The first kappa shape index (κ1) is 78.3. The number of carbonyl (C=O) groups is 1. The Morgan fingerprint density at radius 2 is 0.649 bits per heavy atom. The molecule has 29 heteroatoms. The van der Waals surface area contributed by atoms with Gasteiger partial charge in [-0.25, -0.2) is 29.9 Å². The number of rotatable bonds is 13. The molecule has 0 saturated heterocycles. The standard InChI is InChI=1S/C16H15N3OS.C15H13N3O2.C14H11N3O2.C14H11N3OS.C13H8ClN3O.C13H7ClN2O/c1-2-8-21-14-9-12(10-18-20)19-16-13(14)6-5-11-4-3-7-17-15(11)16;1-2-20-13-8-11(9-17-19)18-15-12(13)6-5-10-4-3-7-16-14(10)15;2*1-19-12-7-10(8-16-18)17-14-11(12)5-4-9-3-2-6-15-13(9)14;14-11-6-9(7-16-18)17-13-10(11)4-3-8-2-1-5-15-12(8)13;14-11-6-9(7-17)16-13-10(11)4-3-8-2-1-5-15-12(8)13/h3-7,9-10,20H,2,8H2,1H3;3-9,19H,2H2,1H3;2*2-8,18H,1H3;1-7,18H;1-7H/b18-10+;17-9+;2*16-8+;16-7+;. The van der Waals surface area contributed by atoms with Gasteiger partial charge in [-0.1, -0.05) is 153 Å². The number of pyridine rings is 12. The zero-order chi connectivity index (χ0) is 79.5. The maximum Gasteiger partial charge on any atom is 0.168 e. The molecule has 18 aromatic rings. The van der Waals surface area contributed by atoms with Crippen LogP contribution in [0.1, 0.15) is 59.2 Å². The fourth-order valence-electron chi connectivity index (χ4n) is 12.5. The Morgan fingerprint density at radius 3 is 0.991 bits per heavy atom. The average Bonchev–Trinajstić information content (AvgIpc) is 0.819. The highest BCUT2D eigenvalue weighted by atomic mass is 35.5. The van der Waals surface area contributed by atoms with Crippen LogP contribution in [0.5, 0.6) is 11.5 Å². The first-order valence-corrected chi connectivity index (χ1v) is 38.0. The molecule has 25 nitrogen and oxygen atoms in total. The molecule has 0 aliphatic heterocycles. The molecule has 0 unspecified atom stereocenters. The minimum absolute atomic E-state index is 0.320. The molecule has 5 N–H and O–H groups in total. The summed E-state index contributed by atoms with van der Waals surface area (Å²) in [7, 11) is 1.59. The molecule has 0 aliphatic carbocycles. The molecule has 564 valence electrons. The summed E-state index contributed by atoms with van der Waals surface area (Å²) in [6, 6.07) is 57.6. The summed E-state index contributed by atoms with van der Waals surface area (Å²) in [4.78, 5) is 65.9. The van der Waals surface area contributed by atoms with Crippen molar-refractivity contribution in [2.24, 2.45) is 25.8 Å². The number of nitrogens with zero attached hydrogens (tertiary/aromatic N) is 17. The third kappa shape index (κ3) is 17.5. The lowest BCUT2D eigenvalue weighted by Crippen LogP contribution is -1.98. The number of carbonyl (C=O) groups excluding carboxylic acids is 1. The molecular weight excluding hydrogens is 1520 g/mol. The van der Waals surface area contributed by atoms with Gasteiger partial charge in [0.15, 0.2) is 6.29 Å². The van der Waals surface area contributed by atoms with Crippen molar-refractivity contribution in [1.29, 1.82) is 0 Å². The zero-order valence-electron chi connectivity index (χ0n) is 61.0. The van der Waals surface area contributed by atoms with E-state index < -0.39 is 0 Å². The van der Waals surface area contributed by atoms with Crippen LogP contribution >= 0.6 is 46.7 Å². The fourth-order valence-corrected chi connectivity index (χ4v) is 14.6. The maximum absolute atomic E-state index is 10.8. The molecular formula is C85H65Cl2N17O8S2. The Kier molecular flexibility index (Phi) is 25.6. The number of halogens is 2. The Bertz CT molecular complexity index is 6660. The van der Waals surface area contributed by atoms with Crippen molar-refractivity contribution >= 4 is 215 Å². The van der Waals surface area contributed by atoms with E-state index in [1.165, 1.54) is 31.1 Å². The first-order valence-electron chi connectivity index (χ1n) is 35.0. The molecule has 0 aliphatic rings. The van der Waals surface area contributed by atoms with E-state index in [2.05, 4.69) is 111 Å². The summed E-state index contributed by atoms with van der Waals surface area (Å²) in [5, 5.41) is 71.2. The SMILES string of the molecule is CCCSc1cc(/C=N/O)nc2c1ccc1cccnc12.CCOc1cc(/C=N/O)nc2c1ccc1cccnc12.COc1cc(/C=N/O)nc2c1ccc1cccnc12.CSc1cc(/C=N/O)nc2c1ccc1cccnc12.O/N=C/c1cc(Cl)c2ccc3cccnc3c2n1.O=Cc1cc(Cl)c2ccc3cccnc3c2n1. The van der Waals surface area contributed by atoms with Gasteiger partial charge in [-0.2, -0.15) is 0 Å². The smallest absolute Gasteiger partial charge is 0.168 e. The highest BCUT2D eigenvalue weighted by molar-refractivity contribution is 7.99. The van der Waals surface area contributed by atoms with E-state index in [9.17, 15) is 4.79 Å². The third-order valence-corrected chi connectivity index (χ3v) is 20.1. The van der Waals surface area contributed by atoms with E-state index in [-0.39, 0.29) is 0 Å². The minimum atomic E-state index is 0.320. The average molecular weight is 1590 g/mol. The molecule has 0 bridgehead atoms. The summed E-state index contributed by atoms with van der Waals surface area (Å²) >= 11 is 15.7. The van der Waals surface area contributed by atoms with Gasteiger partial charge in [0, 0.05) is 124 Å². The number of benzene rings is 6. The van der Waals surface area contributed by atoms with Gasteiger partial charge < -0.3 is 35.5 Å². The molecule has 6 aromatic carbocycles. The van der Waals surface area contributed by atoms with Crippen LogP contribution in [0.15, 0.2) is 255 Å². The lowest BCUT2D eigenvalue weighted by atomic mass is 10.1. The summed E-state index contributed by atoms with van der Waals surface area (Å²) in [5.74, 6) is 2.42. The predicted molar refractivity (Wildman–Crippen MR) is 455 cm³/mol. The fraction of sp³-hybridized carbons (Fsp3) is 0.0824. The van der Waals surface area contributed by atoms with Crippen molar-refractivity contribution in [2.75, 3.05) is 25.7 Å². The van der Waals surface area contributed by atoms with Crippen LogP contribution in [-0.4, -0.2) is 149 Å². The monoisotopic (exact) mass is 1590 g/mol. The van der Waals surface area contributed by atoms with E-state index in [0.29, 0.717) is 79.6 Å². The molecule has 18 rings (SSSR count). The largest absolute Gasteiger partial charge is 0.496 e. The third-order valence-electron chi connectivity index (χ3n) is 17.4. The zero-order valence-corrected chi connectivity index (χ0v) is 64.2. The van der Waals surface area contributed by atoms with Gasteiger partial charge in [-0.05, 0) is 98.1 Å². The Balaban J connectivity index is 0.000000119. The molecule has 0 spiro atoms. The number of aldehydes is 1. The van der Waals surface area contributed by atoms with Crippen molar-refractivity contribution in [3.05, 3.63) is 263 Å². The Labute approximate surface area is 667 Å². The van der Waals surface area contributed by atoms with E-state index in [1.807, 2.05) is 153 Å². The van der Waals surface area contributed by atoms with Crippen LogP contribution in [0.2, 0.25) is 10.0 Å². The van der Waals surface area contributed by atoms with E-state index in [1.54, 1.807) is 92.1 Å². The number of thioether (sulfide) groups is 2. The minimum Gasteiger partial charge on any atom is -0.496 e. The summed E-state index contributed by atoms with van der Waals surface area (Å²) < 4.78 is 11.0. The van der Waals surface area contributed by atoms with Crippen LogP contribution in [0, 0.1) is 0 Å². The number of methoxy groups -OCH3 is 1. The topological polar surface area (TPSA) is 353 Å². The highest BCUT2D eigenvalue weighted by Crippen LogP contribution is 2.36. The molecule has 12 heterocycles. The van der Waals surface area contributed by atoms with Crippen LogP contribution in [0.25, 0.3) is 131 Å². The van der Waals surface area contributed by atoms with E-state index in [0.717, 1.165) is 142 Å².